The van der Waals surface area contributed by atoms with Crippen LogP contribution in [0.5, 0.6) is 0 Å². The van der Waals surface area contributed by atoms with Gasteiger partial charge in [-0.15, -0.1) is 0 Å². The highest BCUT2D eigenvalue weighted by molar-refractivity contribution is 5.95. The van der Waals surface area contributed by atoms with Crippen molar-refractivity contribution in [3.05, 3.63) is 23.4 Å². The van der Waals surface area contributed by atoms with Gasteiger partial charge in [0, 0.05) is 24.3 Å². The number of hydrogen-bond acceptors (Lipinski definition) is 3. The highest BCUT2D eigenvalue weighted by Crippen LogP contribution is 2.12. The van der Waals surface area contributed by atoms with Crippen molar-refractivity contribution in [2.45, 2.75) is 46.6 Å². The molecule has 1 heterocycles. The van der Waals surface area contributed by atoms with Crippen LogP contribution in [-0.4, -0.2) is 24.0 Å². The molecule has 2 unspecified atom stereocenters. The minimum Gasteiger partial charge on any atom is -0.373 e. The van der Waals surface area contributed by atoms with Gasteiger partial charge in [-0.05, 0) is 31.4 Å². The summed E-state index contributed by atoms with van der Waals surface area (Å²) in [5.41, 5.74) is 1.60. The monoisotopic (exact) mass is 263 g/mol. The van der Waals surface area contributed by atoms with E-state index in [1.54, 1.807) is 6.07 Å². The number of anilines is 1. The smallest absolute Gasteiger partial charge is 0.251 e. The Bertz CT molecular complexity index is 409. The Morgan fingerprint density at radius 3 is 2.53 bits per heavy atom. The number of rotatable bonds is 6. The maximum atomic E-state index is 12.2. The van der Waals surface area contributed by atoms with Crippen molar-refractivity contribution in [2.24, 2.45) is 5.92 Å². The normalized spacial score (nSPS) is 13.7. The molecule has 0 aliphatic heterocycles. The van der Waals surface area contributed by atoms with E-state index in [0.717, 1.165) is 24.4 Å². The Labute approximate surface area is 116 Å². The van der Waals surface area contributed by atoms with E-state index in [0.29, 0.717) is 11.5 Å². The lowest BCUT2D eigenvalue weighted by Crippen LogP contribution is -2.37. The number of carbonyl (C=O) groups excluding carboxylic acids is 1. The van der Waals surface area contributed by atoms with Crippen molar-refractivity contribution in [1.82, 2.24) is 10.3 Å². The first-order chi connectivity index (χ1) is 9.01. The number of nitrogens with one attached hydrogen (secondary N) is 2. The molecule has 0 saturated heterocycles. The summed E-state index contributed by atoms with van der Waals surface area (Å²) in [5.74, 6) is 1.18. The number of pyridine rings is 1. The maximum absolute atomic E-state index is 12.2. The SMILES string of the molecule is CCc1cc(C(=O)NC(C)C(C)CC)cc(NC)n1. The zero-order valence-corrected chi connectivity index (χ0v) is 12.6. The second-order valence-corrected chi connectivity index (χ2v) is 4.98. The lowest BCUT2D eigenvalue weighted by atomic mass is 10.0. The molecule has 0 aliphatic rings. The molecule has 0 aromatic carbocycles. The number of amides is 1. The number of aryl methyl sites for hydroxylation is 1. The molecule has 0 spiro atoms. The van der Waals surface area contributed by atoms with Gasteiger partial charge >= 0.3 is 0 Å². The molecule has 19 heavy (non-hydrogen) atoms. The van der Waals surface area contributed by atoms with Gasteiger partial charge in [-0.1, -0.05) is 27.2 Å². The van der Waals surface area contributed by atoms with Gasteiger partial charge in [0.2, 0.25) is 0 Å². The molecule has 1 aromatic rings. The van der Waals surface area contributed by atoms with Crippen LogP contribution in [0.25, 0.3) is 0 Å². The molecule has 1 amide bonds. The highest BCUT2D eigenvalue weighted by Gasteiger charge is 2.15. The quantitative estimate of drug-likeness (QED) is 0.829. The molecule has 0 saturated carbocycles. The van der Waals surface area contributed by atoms with Crippen LogP contribution in [0.1, 0.15) is 50.2 Å². The van der Waals surface area contributed by atoms with Crippen LogP contribution in [0.3, 0.4) is 0 Å². The second-order valence-electron chi connectivity index (χ2n) is 4.98. The minimum atomic E-state index is -0.0265. The van der Waals surface area contributed by atoms with Gasteiger partial charge in [-0.25, -0.2) is 4.98 Å². The van der Waals surface area contributed by atoms with E-state index in [1.165, 1.54) is 0 Å². The predicted octanol–water partition coefficient (Wildman–Crippen LogP) is 2.85. The first kappa shape index (κ1) is 15.5. The Balaban J connectivity index is 2.87. The standard InChI is InChI=1S/C15H25N3O/c1-6-10(3)11(4)17-15(19)12-8-13(7-2)18-14(9-12)16-5/h8-11H,6-7H2,1-5H3,(H,16,18)(H,17,19). The Morgan fingerprint density at radius 2 is 2.00 bits per heavy atom. The minimum absolute atomic E-state index is 0.0265. The van der Waals surface area contributed by atoms with E-state index >= 15 is 0 Å². The van der Waals surface area contributed by atoms with Crippen molar-refractivity contribution in [1.29, 1.82) is 0 Å². The van der Waals surface area contributed by atoms with Crippen molar-refractivity contribution < 1.29 is 4.79 Å². The van der Waals surface area contributed by atoms with Gasteiger partial charge in [0.25, 0.3) is 5.91 Å². The molecule has 1 aromatic heterocycles. The number of hydrogen-bond donors (Lipinski definition) is 2. The molecule has 2 N–H and O–H groups in total. The van der Waals surface area contributed by atoms with Crippen LogP contribution < -0.4 is 10.6 Å². The van der Waals surface area contributed by atoms with E-state index in [9.17, 15) is 4.79 Å². The van der Waals surface area contributed by atoms with Crippen LogP contribution in [0.2, 0.25) is 0 Å². The fourth-order valence-corrected chi connectivity index (χ4v) is 1.81. The summed E-state index contributed by atoms with van der Waals surface area (Å²) in [6, 6.07) is 3.82. The zero-order valence-electron chi connectivity index (χ0n) is 12.6. The van der Waals surface area contributed by atoms with Crippen molar-refractivity contribution in [3.8, 4) is 0 Å². The van der Waals surface area contributed by atoms with Gasteiger partial charge < -0.3 is 10.6 Å². The van der Waals surface area contributed by atoms with E-state index in [-0.39, 0.29) is 11.9 Å². The molecule has 0 aliphatic carbocycles. The van der Waals surface area contributed by atoms with Crippen molar-refractivity contribution in [2.75, 3.05) is 12.4 Å². The van der Waals surface area contributed by atoms with E-state index < -0.39 is 0 Å². The number of nitrogens with zero attached hydrogens (tertiary/aromatic N) is 1. The molecule has 0 radical (unpaired) electrons. The maximum Gasteiger partial charge on any atom is 0.251 e. The van der Waals surface area contributed by atoms with Gasteiger partial charge in [-0.2, -0.15) is 0 Å². The molecular formula is C15H25N3O. The van der Waals surface area contributed by atoms with Crippen LogP contribution in [0.4, 0.5) is 5.82 Å². The van der Waals surface area contributed by atoms with Crippen LogP contribution in [-0.2, 0) is 6.42 Å². The summed E-state index contributed by atoms with van der Waals surface area (Å²) in [4.78, 5) is 16.6. The van der Waals surface area contributed by atoms with Crippen molar-refractivity contribution in [3.63, 3.8) is 0 Å². The lowest BCUT2D eigenvalue weighted by Gasteiger charge is -2.20. The van der Waals surface area contributed by atoms with Gasteiger partial charge in [0.05, 0.1) is 0 Å². The van der Waals surface area contributed by atoms with Crippen molar-refractivity contribution >= 4 is 11.7 Å². The third-order valence-electron chi connectivity index (χ3n) is 3.62. The van der Waals surface area contributed by atoms with Gasteiger partial charge in [0.1, 0.15) is 5.82 Å². The Kier molecular flexibility index (Phi) is 5.80. The fraction of sp³-hybridized carbons (Fsp3) is 0.600. The van der Waals surface area contributed by atoms with Crippen LogP contribution in [0, 0.1) is 5.92 Å². The van der Waals surface area contributed by atoms with Gasteiger partial charge in [-0.3, -0.25) is 4.79 Å². The fourth-order valence-electron chi connectivity index (χ4n) is 1.81. The molecule has 2 atom stereocenters. The number of carbonyl (C=O) groups is 1. The topological polar surface area (TPSA) is 54.0 Å². The third kappa shape index (κ3) is 4.23. The zero-order chi connectivity index (χ0) is 14.4. The Morgan fingerprint density at radius 1 is 1.32 bits per heavy atom. The Hall–Kier alpha value is -1.58. The largest absolute Gasteiger partial charge is 0.373 e. The first-order valence-electron chi connectivity index (χ1n) is 7.01. The molecule has 106 valence electrons. The summed E-state index contributed by atoms with van der Waals surface area (Å²) < 4.78 is 0. The summed E-state index contributed by atoms with van der Waals surface area (Å²) >= 11 is 0. The molecule has 0 bridgehead atoms. The van der Waals surface area contributed by atoms with Crippen LogP contribution >= 0.6 is 0 Å². The van der Waals surface area contributed by atoms with Gasteiger partial charge in [0.15, 0.2) is 0 Å². The van der Waals surface area contributed by atoms with E-state index in [4.69, 9.17) is 0 Å². The second kappa shape index (κ2) is 7.12. The summed E-state index contributed by atoms with van der Waals surface area (Å²) in [7, 11) is 1.81. The first-order valence-corrected chi connectivity index (χ1v) is 7.01. The van der Waals surface area contributed by atoms with Crippen LogP contribution in [0.15, 0.2) is 12.1 Å². The molecule has 4 heteroatoms. The molecule has 4 nitrogen and oxygen atoms in total. The number of aromatic nitrogens is 1. The lowest BCUT2D eigenvalue weighted by molar-refractivity contribution is 0.0928. The summed E-state index contributed by atoms with van der Waals surface area (Å²) in [5, 5.41) is 6.05. The average molecular weight is 263 g/mol. The highest BCUT2D eigenvalue weighted by atomic mass is 16.1. The average Bonchev–Trinajstić information content (AvgIpc) is 2.45. The molecule has 0 fully saturated rings. The van der Waals surface area contributed by atoms with E-state index in [1.807, 2.05) is 27.0 Å². The molecular weight excluding hydrogens is 238 g/mol. The van der Waals surface area contributed by atoms with E-state index in [2.05, 4.69) is 29.5 Å². The predicted molar refractivity (Wildman–Crippen MR) is 79.5 cm³/mol. The summed E-state index contributed by atoms with van der Waals surface area (Å²) in [6.07, 6.45) is 1.87. The third-order valence-corrected chi connectivity index (χ3v) is 3.62. The summed E-state index contributed by atoms with van der Waals surface area (Å²) in [6.45, 7) is 8.36. The molecule has 1 rings (SSSR count).